The third-order valence-electron chi connectivity index (χ3n) is 2.58. The van der Waals surface area contributed by atoms with E-state index < -0.39 is 6.10 Å². The number of ketones is 1. The molecule has 0 N–H and O–H groups in total. The highest BCUT2D eigenvalue weighted by molar-refractivity contribution is 6.51. The minimum absolute atomic E-state index is 0.0877. The first-order chi connectivity index (χ1) is 8.02. The zero-order chi connectivity index (χ0) is 12.6. The van der Waals surface area contributed by atoms with Crippen molar-refractivity contribution in [3.8, 4) is 0 Å². The second kappa shape index (κ2) is 5.33. The zero-order valence-corrected chi connectivity index (χ0v) is 11.6. The fourth-order valence-corrected chi connectivity index (χ4v) is 2.84. The van der Waals surface area contributed by atoms with Crippen molar-refractivity contribution in [3.05, 3.63) is 31.7 Å². The van der Waals surface area contributed by atoms with Gasteiger partial charge in [0, 0.05) is 6.61 Å². The normalized spacial score (nSPS) is 19.6. The first-order valence-electron chi connectivity index (χ1n) is 5.01. The van der Waals surface area contributed by atoms with E-state index in [1.807, 2.05) is 0 Å². The lowest BCUT2D eigenvalue weighted by molar-refractivity contribution is 0.0643. The highest BCUT2D eigenvalue weighted by Gasteiger charge is 2.29. The topological polar surface area (TPSA) is 26.3 Å². The van der Waals surface area contributed by atoms with E-state index in [9.17, 15) is 4.79 Å². The molecule has 2 nitrogen and oxygen atoms in total. The molecule has 0 saturated carbocycles. The molecular weight excluding hydrogens is 306 g/mol. The Kier molecular flexibility index (Phi) is 4.22. The Bertz CT molecular complexity index is 467. The Morgan fingerprint density at radius 2 is 1.88 bits per heavy atom. The third-order valence-corrected chi connectivity index (χ3v) is 4.14. The van der Waals surface area contributed by atoms with Crippen LogP contribution in [-0.4, -0.2) is 18.5 Å². The molecule has 1 atom stereocenters. The number of benzene rings is 1. The highest BCUT2D eigenvalue weighted by Crippen LogP contribution is 2.38. The molecule has 0 amide bonds. The van der Waals surface area contributed by atoms with Crippen LogP contribution >= 0.6 is 46.4 Å². The number of carbonyl (C=O) groups is 1. The van der Waals surface area contributed by atoms with Crippen LogP contribution in [0.25, 0.3) is 0 Å². The molecule has 1 aromatic rings. The van der Waals surface area contributed by atoms with Gasteiger partial charge in [0.05, 0.1) is 25.7 Å². The molecule has 1 unspecified atom stereocenters. The Balaban J connectivity index is 2.44. The van der Waals surface area contributed by atoms with Crippen molar-refractivity contribution < 1.29 is 9.53 Å². The van der Waals surface area contributed by atoms with Gasteiger partial charge in [-0.3, -0.25) is 4.79 Å². The molecule has 6 heteroatoms. The van der Waals surface area contributed by atoms with Crippen LogP contribution < -0.4 is 0 Å². The van der Waals surface area contributed by atoms with Gasteiger partial charge in [-0.15, -0.1) is 0 Å². The summed E-state index contributed by atoms with van der Waals surface area (Å²) in [5, 5.41) is 0.652. The van der Waals surface area contributed by atoms with Crippen LogP contribution in [0.4, 0.5) is 0 Å². The van der Waals surface area contributed by atoms with Crippen molar-refractivity contribution in [1.82, 2.24) is 0 Å². The van der Waals surface area contributed by atoms with Crippen molar-refractivity contribution in [1.29, 1.82) is 0 Å². The van der Waals surface area contributed by atoms with E-state index in [0.717, 1.165) is 6.42 Å². The largest absolute Gasteiger partial charge is 0.370 e. The van der Waals surface area contributed by atoms with Gasteiger partial charge in [-0.05, 0) is 18.9 Å². The Labute approximate surface area is 119 Å². The predicted molar refractivity (Wildman–Crippen MR) is 69.8 cm³/mol. The summed E-state index contributed by atoms with van der Waals surface area (Å²) >= 11 is 23.7. The standard InChI is InChI=1S/C11H8Cl4O2/c12-5-4-6(13)9(14)10(15)8(5)11(16)7-2-1-3-17-7/h4,7H,1-3H2. The molecule has 1 fully saturated rings. The van der Waals surface area contributed by atoms with Crippen LogP contribution in [0, 0.1) is 0 Å². The van der Waals surface area contributed by atoms with Gasteiger partial charge in [0.1, 0.15) is 6.10 Å². The second-order valence-electron chi connectivity index (χ2n) is 3.71. The number of halogens is 4. The van der Waals surface area contributed by atoms with Gasteiger partial charge in [-0.2, -0.15) is 0 Å². The maximum atomic E-state index is 12.2. The van der Waals surface area contributed by atoms with Gasteiger partial charge in [0.25, 0.3) is 0 Å². The molecule has 0 radical (unpaired) electrons. The summed E-state index contributed by atoms with van der Waals surface area (Å²) in [5.41, 5.74) is 0.189. The van der Waals surface area contributed by atoms with Crippen molar-refractivity contribution in [2.45, 2.75) is 18.9 Å². The lowest BCUT2D eigenvalue weighted by Gasteiger charge is -2.12. The van der Waals surface area contributed by atoms with E-state index in [4.69, 9.17) is 51.1 Å². The van der Waals surface area contributed by atoms with E-state index in [2.05, 4.69) is 0 Å². The molecule has 0 bridgehead atoms. The predicted octanol–water partition coefficient (Wildman–Crippen LogP) is 4.66. The van der Waals surface area contributed by atoms with Crippen molar-refractivity contribution in [2.24, 2.45) is 0 Å². The van der Waals surface area contributed by atoms with Gasteiger partial charge in [0.15, 0.2) is 5.78 Å². The molecule has 1 aliphatic rings. The van der Waals surface area contributed by atoms with Crippen LogP contribution in [-0.2, 0) is 4.74 Å². The third kappa shape index (κ3) is 2.56. The van der Waals surface area contributed by atoms with Crippen molar-refractivity contribution in [2.75, 3.05) is 6.61 Å². The van der Waals surface area contributed by atoms with Gasteiger partial charge in [-0.25, -0.2) is 0 Å². The number of rotatable bonds is 2. The molecule has 92 valence electrons. The van der Waals surface area contributed by atoms with Crippen molar-refractivity contribution >= 4 is 52.2 Å². The fourth-order valence-electron chi connectivity index (χ4n) is 1.74. The molecule has 0 aliphatic carbocycles. The van der Waals surface area contributed by atoms with Crippen LogP contribution in [0.1, 0.15) is 23.2 Å². The minimum Gasteiger partial charge on any atom is -0.370 e. The average Bonchev–Trinajstić information content (AvgIpc) is 2.79. The van der Waals surface area contributed by atoms with Gasteiger partial charge < -0.3 is 4.74 Å². The molecule has 0 spiro atoms. The number of ether oxygens (including phenoxy) is 1. The zero-order valence-electron chi connectivity index (χ0n) is 8.60. The number of Topliss-reactive ketones (excluding diaryl/α,β-unsaturated/α-hetero) is 1. The molecule has 17 heavy (non-hydrogen) atoms. The fraction of sp³-hybridized carbons (Fsp3) is 0.364. The average molecular weight is 314 g/mol. The van der Waals surface area contributed by atoms with Gasteiger partial charge in [0.2, 0.25) is 0 Å². The van der Waals surface area contributed by atoms with Gasteiger partial charge >= 0.3 is 0 Å². The summed E-state index contributed by atoms with van der Waals surface area (Å²) in [6.45, 7) is 0.576. The molecule has 1 heterocycles. The summed E-state index contributed by atoms with van der Waals surface area (Å²) in [6.07, 6.45) is 1.04. The van der Waals surface area contributed by atoms with Crippen LogP contribution in [0.15, 0.2) is 6.07 Å². The van der Waals surface area contributed by atoms with E-state index in [1.165, 1.54) is 6.07 Å². The Morgan fingerprint density at radius 3 is 2.47 bits per heavy atom. The molecule has 1 aliphatic heterocycles. The Morgan fingerprint density at radius 1 is 1.18 bits per heavy atom. The lowest BCUT2D eigenvalue weighted by atomic mass is 10.0. The smallest absolute Gasteiger partial charge is 0.194 e. The first-order valence-corrected chi connectivity index (χ1v) is 6.52. The first kappa shape index (κ1) is 13.4. The molecular formula is C11H8Cl4O2. The summed E-state index contributed by atoms with van der Waals surface area (Å²) in [5.74, 6) is -0.240. The summed E-state index contributed by atoms with van der Waals surface area (Å²) in [7, 11) is 0. The van der Waals surface area contributed by atoms with Crippen LogP contribution in [0.2, 0.25) is 20.1 Å². The van der Waals surface area contributed by atoms with Crippen LogP contribution in [0.3, 0.4) is 0 Å². The second-order valence-corrected chi connectivity index (χ2v) is 5.28. The molecule has 0 aromatic heterocycles. The number of hydrogen-bond acceptors (Lipinski definition) is 2. The van der Waals surface area contributed by atoms with E-state index in [0.29, 0.717) is 13.0 Å². The maximum Gasteiger partial charge on any atom is 0.194 e. The van der Waals surface area contributed by atoms with Crippen LogP contribution in [0.5, 0.6) is 0 Å². The number of carbonyl (C=O) groups excluding carboxylic acids is 1. The van der Waals surface area contributed by atoms with E-state index in [1.54, 1.807) is 0 Å². The molecule has 2 rings (SSSR count). The van der Waals surface area contributed by atoms with Crippen molar-refractivity contribution in [3.63, 3.8) is 0 Å². The summed E-state index contributed by atoms with van der Waals surface area (Å²) < 4.78 is 5.31. The SMILES string of the molecule is O=C(c1c(Cl)cc(Cl)c(Cl)c1Cl)C1CCCO1. The molecule has 1 aromatic carbocycles. The monoisotopic (exact) mass is 312 g/mol. The maximum absolute atomic E-state index is 12.2. The number of hydrogen-bond donors (Lipinski definition) is 0. The van der Waals surface area contributed by atoms with Gasteiger partial charge in [-0.1, -0.05) is 46.4 Å². The Hall–Kier alpha value is 0.01000. The molecule has 1 saturated heterocycles. The minimum atomic E-state index is -0.484. The summed E-state index contributed by atoms with van der Waals surface area (Å²) in [4.78, 5) is 12.2. The van der Waals surface area contributed by atoms with E-state index >= 15 is 0 Å². The summed E-state index contributed by atoms with van der Waals surface area (Å²) in [6, 6.07) is 1.42. The van der Waals surface area contributed by atoms with E-state index in [-0.39, 0.29) is 31.4 Å². The highest BCUT2D eigenvalue weighted by atomic mass is 35.5. The quantitative estimate of drug-likeness (QED) is 0.451. The lowest BCUT2D eigenvalue weighted by Crippen LogP contribution is -2.20.